The van der Waals surface area contributed by atoms with Gasteiger partial charge in [-0.2, -0.15) is 0 Å². The van der Waals surface area contributed by atoms with Crippen LogP contribution in [0.2, 0.25) is 25.7 Å². The number of nitrogens with zero attached hydrogens (tertiary/aromatic N) is 2. The number of nitrogens with one attached hydrogen (secondary N) is 4. The van der Waals surface area contributed by atoms with Crippen molar-refractivity contribution in [2.45, 2.75) is 69.7 Å². The van der Waals surface area contributed by atoms with Gasteiger partial charge in [0.1, 0.15) is 29.0 Å². The van der Waals surface area contributed by atoms with Crippen molar-refractivity contribution in [1.82, 2.24) is 25.6 Å². The van der Waals surface area contributed by atoms with E-state index in [2.05, 4.69) is 46.6 Å². The van der Waals surface area contributed by atoms with Crippen molar-refractivity contribution >= 4 is 36.7 Å². The average molecular weight is 757 g/mol. The first-order chi connectivity index (χ1) is 26.4. The molecule has 4 aliphatic rings. The molecule has 0 radical (unpaired) electrons. The molecule has 1 spiro atoms. The lowest BCUT2D eigenvalue weighted by atomic mass is 9.72. The molecule has 0 saturated carbocycles. The summed E-state index contributed by atoms with van der Waals surface area (Å²) in [5.74, 6) is 1.61. The van der Waals surface area contributed by atoms with E-state index in [0.717, 1.165) is 50.5 Å². The predicted molar refractivity (Wildman–Crippen MR) is 207 cm³/mol. The van der Waals surface area contributed by atoms with E-state index in [0.29, 0.717) is 28.5 Å². The van der Waals surface area contributed by atoms with Gasteiger partial charge in [0.15, 0.2) is 23.4 Å². The lowest BCUT2D eigenvalue weighted by Crippen LogP contribution is -2.50. The van der Waals surface area contributed by atoms with E-state index in [1.54, 1.807) is 18.5 Å². The third kappa shape index (κ3) is 4.96. The van der Waals surface area contributed by atoms with Gasteiger partial charge in [0.25, 0.3) is 0 Å². The average Bonchev–Trinajstić information content (AvgIpc) is 3.96. The number of aromatic nitrogens is 3. The maximum atomic E-state index is 14.2. The lowest BCUT2D eigenvalue weighted by Gasteiger charge is -2.28. The number of oxazole rings is 2. The summed E-state index contributed by atoms with van der Waals surface area (Å²) in [7, 11) is -1.45. The molecule has 4 aliphatic heterocycles. The fraction of sp³-hybridized carbons (Fsp3) is 0.317. The molecule has 7 heterocycles. The maximum absolute atomic E-state index is 14.2. The largest absolute Gasteiger partial charge is 0.506 e. The standard InChI is InChI=1S/C41H40N6O7Si/c1-19(2)31-38-46-34-35(54-38)41-24-8-6-7-22(21-10-11-27(48)33-30(21)23(17-42-33)29-18-43-37(34)52-29)32(24)47-39(41)53-28-12-9-20(15-25(28)41)16-26(36(49)45-31)44-40(50)51-13-14-55(3,4)5/h6-12,15,17-19,26,31,39,42,47-48H,13-14,16H2,1-5H3,(H,44,50)(H,45,49)/t26-,31-,39+,41-/m0/s1. The SMILES string of the molecule is CC(C)[C@@H]1NC(=O)[C@@H](NC(=O)OCC[Si](C)(C)C)Cc2ccc3c(c2)[C@]24c5cccc(c5N[C@@H]2O3)-c2ccc(O)c3[nH]cc(c23)-c2cnc(o2)-c2nc1oc24. The van der Waals surface area contributed by atoms with Crippen LogP contribution in [0.3, 0.4) is 0 Å². The predicted octanol–water partition coefficient (Wildman–Crippen LogP) is 7.44. The molecule has 10 rings (SSSR count). The lowest BCUT2D eigenvalue weighted by molar-refractivity contribution is -0.124. The molecule has 0 saturated heterocycles. The highest BCUT2D eigenvalue weighted by Gasteiger charge is 2.61. The van der Waals surface area contributed by atoms with E-state index >= 15 is 0 Å². The second kappa shape index (κ2) is 11.7. The number of aromatic amines is 1. The van der Waals surface area contributed by atoms with E-state index in [-0.39, 0.29) is 36.5 Å². The minimum absolute atomic E-state index is 0.110. The van der Waals surface area contributed by atoms with Crippen molar-refractivity contribution in [2.75, 3.05) is 11.9 Å². The Morgan fingerprint density at radius 3 is 2.75 bits per heavy atom. The monoisotopic (exact) mass is 756 g/mol. The van der Waals surface area contributed by atoms with Gasteiger partial charge in [0.2, 0.25) is 17.7 Å². The van der Waals surface area contributed by atoms with Crippen LogP contribution in [-0.4, -0.2) is 59.0 Å². The van der Waals surface area contributed by atoms with Gasteiger partial charge < -0.3 is 44.3 Å². The number of amides is 2. The number of hydrogen-bond donors (Lipinski definition) is 5. The van der Waals surface area contributed by atoms with Crippen molar-refractivity contribution < 1.29 is 33.0 Å². The summed E-state index contributed by atoms with van der Waals surface area (Å²) in [6.07, 6.45) is 2.33. The molecule has 55 heavy (non-hydrogen) atoms. The molecule has 10 bridgehead atoms. The first-order valence-corrected chi connectivity index (χ1v) is 22.4. The molecule has 4 atom stereocenters. The summed E-state index contributed by atoms with van der Waals surface area (Å²) in [5.41, 5.74) is 5.68. The number of carbonyl (C=O) groups excluding carboxylic acids is 2. The molecular formula is C41H40N6O7Si. The van der Waals surface area contributed by atoms with Gasteiger partial charge in [-0.05, 0) is 41.3 Å². The molecule has 2 amide bonds. The van der Waals surface area contributed by atoms with Crippen LogP contribution in [0.4, 0.5) is 10.5 Å². The fourth-order valence-electron chi connectivity index (χ4n) is 8.54. The van der Waals surface area contributed by atoms with Gasteiger partial charge in [-0.15, -0.1) is 0 Å². The smallest absolute Gasteiger partial charge is 0.407 e. The van der Waals surface area contributed by atoms with E-state index in [1.807, 2.05) is 50.2 Å². The third-order valence-corrected chi connectivity index (χ3v) is 13.0. The number of alkyl carbamates (subject to hydrolysis) is 1. The van der Waals surface area contributed by atoms with Crippen molar-refractivity contribution in [3.63, 3.8) is 0 Å². The molecule has 14 heteroatoms. The third-order valence-electron chi connectivity index (χ3n) is 11.3. The highest BCUT2D eigenvalue weighted by molar-refractivity contribution is 6.76. The molecule has 6 aromatic rings. The Bertz CT molecular complexity index is 2580. The van der Waals surface area contributed by atoms with Crippen molar-refractivity contribution in [2.24, 2.45) is 5.92 Å². The van der Waals surface area contributed by atoms with Crippen LogP contribution in [0.15, 0.2) is 69.8 Å². The number of fused-ring (bicyclic) bond motifs is 7. The molecule has 0 unspecified atom stereocenters. The number of anilines is 1. The Kier molecular flexibility index (Phi) is 7.16. The van der Waals surface area contributed by atoms with Crippen LogP contribution in [0.5, 0.6) is 11.5 Å². The Morgan fingerprint density at radius 1 is 1.07 bits per heavy atom. The number of phenolic OH excluding ortho intramolecular Hbond substituents is 1. The zero-order valence-electron chi connectivity index (χ0n) is 31.0. The molecule has 13 nitrogen and oxygen atoms in total. The Labute approximate surface area is 316 Å². The number of carbonyl (C=O) groups is 2. The van der Waals surface area contributed by atoms with Crippen LogP contribution >= 0.6 is 0 Å². The van der Waals surface area contributed by atoms with Crippen LogP contribution in [0.1, 0.15) is 48.2 Å². The molecule has 280 valence electrons. The number of aromatic hydroxyl groups is 1. The van der Waals surface area contributed by atoms with Crippen molar-refractivity contribution in [1.29, 1.82) is 0 Å². The Hall–Kier alpha value is -6.02. The van der Waals surface area contributed by atoms with Gasteiger partial charge in [0, 0.05) is 54.0 Å². The van der Waals surface area contributed by atoms with E-state index in [4.69, 9.17) is 28.3 Å². The van der Waals surface area contributed by atoms with Gasteiger partial charge in [0.05, 0.1) is 18.3 Å². The minimum atomic E-state index is -1.45. The van der Waals surface area contributed by atoms with Crippen LogP contribution in [-0.2, 0) is 21.4 Å². The van der Waals surface area contributed by atoms with E-state index in [1.165, 1.54) is 0 Å². The number of ether oxygens (including phenoxy) is 2. The first-order valence-electron chi connectivity index (χ1n) is 18.7. The summed E-state index contributed by atoms with van der Waals surface area (Å²) in [5, 5.41) is 21.5. The second-order valence-electron chi connectivity index (χ2n) is 16.4. The number of hydrogen-bond acceptors (Lipinski definition) is 10. The zero-order chi connectivity index (χ0) is 38.0. The Morgan fingerprint density at radius 2 is 1.93 bits per heavy atom. The molecule has 3 aromatic heterocycles. The fourth-order valence-corrected chi connectivity index (χ4v) is 9.25. The van der Waals surface area contributed by atoms with Gasteiger partial charge in [-0.3, -0.25) is 4.79 Å². The number of rotatable bonds is 5. The molecule has 5 N–H and O–H groups in total. The molecule has 3 aromatic carbocycles. The minimum Gasteiger partial charge on any atom is -0.506 e. The van der Waals surface area contributed by atoms with Crippen molar-refractivity contribution in [3.8, 4) is 45.5 Å². The number of H-pyrrole nitrogens is 1. The van der Waals surface area contributed by atoms with Gasteiger partial charge >= 0.3 is 6.09 Å². The van der Waals surface area contributed by atoms with Crippen LogP contribution < -0.4 is 20.7 Å². The second-order valence-corrected chi connectivity index (χ2v) is 22.1. The summed E-state index contributed by atoms with van der Waals surface area (Å²) >= 11 is 0. The highest BCUT2D eigenvalue weighted by Crippen LogP contribution is 2.61. The first kappa shape index (κ1) is 33.5. The Balaban J connectivity index is 1.21. The summed E-state index contributed by atoms with van der Waals surface area (Å²) < 4.78 is 26.0. The van der Waals surface area contributed by atoms with Gasteiger partial charge in [-0.25, -0.2) is 14.8 Å². The van der Waals surface area contributed by atoms with E-state index in [9.17, 15) is 14.7 Å². The number of benzene rings is 3. The normalized spacial score (nSPS) is 21.6. The quantitative estimate of drug-likeness (QED) is 0.111. The van der Waals surface area contributed by atoms with Crippen LogP contribution in [0.25, 0.3) is 44.9 Å². The number of phenols is 1. The van der Waals surface area contributed by atoms with Crippen molar-refractivity contribution in [3.05, 3.63) is 89.3 Å². The topological polar surface area (TPSA) is 177 Å². The number of para-hydroxylation sites is 1. The molecule has 0 fully saturated rings. The molecular weight excluding hydrogens is 717 g/mol. The molecule has 0 aliphatic carbocycles. The highest BCUT2D eigenvalue weighted by atomic mass is 28.3. The summed E-state index contributed by atoms with van der Waals surface area (Å²) in [6, 6.07) is 14.7. The summed E-state index contributed by atoms with van der Waals surface area (Å²) in [4.78, 5) is 40.5. The van der Waals surface area contributed by atoms with E-state index < -0.39 is 43.8 Å². The zero-order valence-corrected chi connectivity index (χ0v) is 32.0. The van der Waals surface area contributed by atoms with Crippen LogP contribution in [0, 0.1) is 5.92 Å². The summed E-state index contributed by atoms with van der Waals surface area (Å²) in [6.45, 7) is 10.9. The maximum Gasteiger partial charge on any atom is 0.407 e. The van der Waals surface area contributed by atoms with Gasteiger partial charge in [-0.1, -0.05) is 63.8 Å².